The first-order valence-electron chi connectivity index (χ1n) is 11.3. The van der Waals surface area contributed by atoms with Gasteiger partial charge in [-0.05, 0) is 55.0 Å². The zero-order chi connectivity index (χ0) is 24.4. The van der Waals surface area contributed by atoms with Gasteiger partial charge in [0, 0.05) is 25.4 Å². The van der Waals surface area contributed by atoms with Crippen molar-refractivity contribution in [3.63, 3.8) is 0 Å². The molecule has 0 unspecified atom stereocenters. The molecule has 3 heterocycles. The second-order valence-corrected chi connectivity index (χ2v) is 8.24. The molecule has 0 bridgehead atoms. The standard InChI is InChI=1S/C26H24FN5O3/c27-14-4-7-23(33)30-16-13-19(17-30)31-22-12-15-29-25(28)24(22)32(26(31)34)18-8-10-21(11-9-18)35-20-5-2-1-3-6-20/h1-12,15,19H,13-14,16-17H2,(H2,28,29)/b7-4-/t19-/m1/s1. The quantitative estimate of drug-likeness (QED) is 0.429. The number of carbonyl (C=O) groups is 1. The molecule has 0 radical (unpaired) electrons. The number of ether oxygens (including phenoxy) is 1. The van der Waals surface area contributed by atoms with Crippen LogP contribution in [-0.4, -0.2) is 44.7 Å². The number of pyridine rings is 1. The monoisotopic (exact) mass is 473 g/mol. The molecule has 1 amide bonds. The average Bonchev–Trinajstić information content (AvgIpc) is 3.47. The highest BCUT2D eigenvalue weighted by molar-refractivity contribution is 5.88. The molecule has 1 aliphatic heterocycles. The number of carbonyl (C=O) groups excluding carboxylic acids is 1. The maximum atomic E-state index is 13.7. The second kappa shape index (κ2) is 9.46. The lowest BCUT2D eigenvalue weighted by molar-refractivity contribution is -0.125. The van der Waals surface area contributed by atoms with Gasteiger partial charge in [-0.15, -0.1) is 0 Å². The molecule has 0 spiro atoms. The molecule has 9 heteroatoms. The van der Waals surface area contributed by atoms with Crippen LogP contribution < -0.4 is 16.2 Å². The number of imidazole rings is 1. The predicted octanol–water partition coefficient (Wildman–Crippen LogP) is 3.86. The van der Waals surface area contributed by atoms with Gasteiger partial charge in [0.25, 0.3) is 0 Å². The van der Waals surface area contributed by atoms with E-state index in [4.69, 9.17) is 10.5 Å². The Kier molecular flexibility index (Phi) is 6.05. The van der Waals surface area contributed by atoms with Crippen molar-refractivity contribution in [2.75, 3.05) is 25.5 Å². The summed E-state index contributed by atoms with van der Waals surface area (Å²) in [5.41, 5.74) is 7.73. The van der Waals surface area contributed by atoms with Crippen LogP contribution in [0.2, 0.25) is 0 Å². The summed E-state index contributed by atoms with van der Waals surface area (Å²) < 4.78 is 21.5. The number of nitrogen functional groups attached to an aromatic ring is 1. The van der Waals surface area contributed by atoms with Crippen molar-refractivity contribution in [3.8, 4) is 17.2 Å². The zero-order valence-electron chi connectivity index (χ0n) is 18.9. The molecular formula is C26H24FN5O3. The minimum atomic E-state index is -0.697. The Balaban J connectivity index is 1.51. The predicted molar refractivity (Wildman–Crippen MR) is 132 cm³/mol. The average molecular weight is 474 g/mol. The number of likely N-dealkylation sites (tertiary alicyclic amines) is 1. The molecule has 1 fully saturated rings. The minimum absolute atomic E-state index is 0.236. The Hall–Kier alpha value is -4.40. The minimum Gasteiger partial charge on any atom is -0.457 e. The number of nitrogens with zero attached hydrogens (tertiary/aromatic N) is 4. The summed E-state index contributed by atoms with van der Waals surface area (Å²) in [6.07, 6.45) is 4.58. The number of allylic oxidation sites excluding steroid dienone is 1. The summed E-state index contributed by atoms with van der Waals surface area (Å²) in [6, 6.07) is 18.1. The molecule has 178 valence electrons. The van der Waals surface area contributed by atoms with Gasteiger partial charge in [0.05, 0.1) is 17.2 Å². The van der Waals surface area contributed by atoms with Crippen molar-refractivity contribution in [1.29, 1.82) is 0 Å². The summed E-state index contributed by atoms with van der Waals surface area (Å²) in [4.78, 5) is 31.8. The molecule has 1 atom stereocenters. The van der Waals surface area contributed by atoms with Gasteiger partial charge in [0.15, 0.2) is 0 Å². The van der Waals surface area contributed by atoms with E-state index in [-0.39, 0.29) is 23.5 Å². The number of anilines is 1. The third-order valence-corrected chi connectivity index (χ3v) is 6.08. The van der Waals surface area contributed by atoms with E-state index >= 15 is 0 Å². The summed E-state index contributed by atoms with van der Waals surface area (Å²) >= 11 is 0. The number of para-hydroxylation sites is 1. The lowest BCUT2D eigenvalue weighted by atomic mass is 10.2. The van der Waals surface area contributed by atoms with Crippen molar-refractivity contribution in [2.45, 2.75) is 12.5 Å². The van der Waals surface area contributed by atoms with E-state index in [0.717, 1.165) is 0 Å². The van der Waals surface area contributed by atoms with E-state index in [9.17, 15) is 14.0 Å². The molecular weight excluding hydrogens is 449 g/mol. The van der Waals surface area contributed by atoms with E-state index in [1.54, 1.807) is 46.0 Å². The van der Waals surface area contributed by atoms with E-state index in [1.165, 1.54) is 16.7 Å². The van der Waals surface area contributed by atoms with Crippen molar-refractivity contribution in [2.24, 2.45) is 0 Å². The Labute approximate surface area is 200 Å². The smallest absolute Gasteiger partial charge is 0.334 e. The highest BCUT2D eigenvalue weighted by atomic mass is 19.1. The zero-order valence-corrected chi connectivity index (χ0v) is 18.9. The van der Waals surface area contributed by atoms with Gasteiger partial charge in [0.2, 0.25) is 5.91 Å². The molecule has 2 N–H and O–H groups in total. The number of nitrogens with two attached hydrogens (primary N) is 1. The number of alkyl halides is 1. The molecule has 0 saturated carbocycles. The van der Waals surface area contributed by atoms with Crippen molar-refractivity contribution < 1.29 is 13.9 Å². The summed E-state index contributed by atoms with van der Waals surface area (Å²) in [5, 5.41) is 0. The Morgan fingerprint density at radius 2 is 1.86 bits per heavy atom. The lowest BCUT2D eigenvalue weighted by Crippen LogP contribution is -2.31. The number of hydrogen-bond acceptors (Lipinski definition) is 5. The normalized spacial score (nSPS) is 15.8. The maximum absolute atomic E-state index is 13.7. The van der Waals surface area contributed by atoms with Crippen LogP contribution >= 0.6 is 0 Å². The van der Waals surface area contributed by atoms with Gasteiger partial charge in [-0.3, -0.25) is 13.9 Å². The fourth-order valence-electron chi connectivity index (χ4n) is 4.47. The van der Waals surface area contributed by atoms with Crippen LogP contribution in [0.15, 0.2) is 83.8 Å². The summed E-state index contributed by atoms with van der Waals surface area (Å²) in [6.45, 7) is 0.128. The molecule has 2 aromatic carbocycles. The van der Waals surface area contributed by atoms with E-state index in [0.29, 0.717) is 47.7 Å². The molecule has 5 rings (SSSR count). The molecule has 8 nitrogen and oxygen atoms in total. The molecule has 1 aliphatic rings. The Morgan fingerprint density at radius 3 is 2.60 bits per heavy atom. The van der Waals surface area contributed by atoms with Gasteiger partial charge in [-0.25, -0.2) is 14.2 Å². The summed E-state index contributed by atoms with van der Waals surface area (Å²) in [7, 11) is 0. The fraction of sp³-hybridized carbons (Fsp3) is 0.192. The van der Waals surface area contributed by atoms with Crippen LogP contribution in [0.5, 0.6) is 11.5 Å². The van der Waals surface area contributed by atoms with Gasteiger partial charge in [0.1, 0.15) is 29.5 Å². The number of amides is 1. The molecule has 4 aromatic rings. The van der Waals surface area contributed by atoms with Crippen LogP contribution in [0.3, 0.4) is 0 Å². The Bertz CT molecular complexity index is 1440. The van der Waals surface area contributed by atoms with Crippen LogP contribution in [-0.2, 0) is 4.79 Å². The van der Waals surface area contributed by atoms with Crippen LogP contribution in [0, 0.1) is 0 Å². The van der Waals surface area contributed by atoms with Gasteiger partial charge in [-0.2, -0.15) is 0 Å². The first-order chi connectivity index (χ1) is 17.1. The van der Waals surface area contributed by atoms with E-state index in [2.05, 4.69) is 4.98 Å². The number of benzene rings is 2. The first-order valence-corrected chi connectivity index (χ1v) is 11.3. The summed E-state index contributed by atoms with van der Waals surface area (Å²) in [5.74, 6) is 1.31. The topological polar surface area (TPSA) is 95.4 Å². The first kappa shape index (κ1) is 22.4. The van der Waals surface area contributed by atoms with E-state index in [1.807, 2.05) is 30.3 Å². The number of halogens is 1. The lowest BCUT2D eigenvalue weighted by Gasteiger charge is -2.15. The highest BCUT2D eigenvalue weighted by Crippen LogP contribution is 2.29. The third-order valence-electron chi connectivity index (χ3n) is 6.08. The van der Waals surface area contributed by atoms with Crippen LogP contribution in [0.25, 0.3) is 16.7 Å². The molecule has 2 aromatic heterocycles. The number of aromatic nitrogens is 3. The molecule has 1 saturated heterocycles. The number of fused-ring (bicyclic) bond motifs is 1. The van der Waals surface area contributed by atoms with Gasteiger partial charge >= 0.3 is 5.69 Å². The molecule has 0 aliphatic carbocycles. The van der Waals surface area contributed by atoms with Crippen molar-refractivity contribution >= 4 is 22.8 Å². The Morgan fingerprint density at radius 1 is 1.11 bits per heavy atom. The molecule has 35 heavy (non-hydrogen) atoms. The van der Waals surface area contributed by atoms with Crippen molar-refractivity contribution in [3.05, 3.63) is 89.5 Å². The maximum Gasteiger partial charge on any atom is 0.334 e. The number of hydrogen-bond donors (Lipinski definition) is 1. The van der Waals surface area contributed by atoms with Crippen LogP contribution in [0.1, 0.15) is 12.5 Å². The van der Waals surface area contributed by atoms with E-state index < -0.39 is 6.67 Å². The largest absolute Gasteiger partial charge is 0.457 e. The highest BCUT2D eigenvalue weighted by Gasteiger charge is 2.30. The van der Waals surface area contributed by atoms with Crippen LogP contribution in [0.4, 0.5) is 10.2 Å². The van der Waals surface area contributed by atoms with Gasteiger partial charge < -0.3 is 15.4 Å². The van der Waals surface area contributed by atoms with Crippen molar-refractivity contribution in [1.82, 2.24) is 19.0 Å². The fourth-order valence-corrected chi connectivity index (χ4v) is 4.47. The van der Waals surface area contributed by atoms with Gasteiger partial charge in [-0.1, -0.05) is 18.2 Å². The number of rotatable bonds is 6. The SMILES string of the molecule is Nc1nccc2c1n(-c1ccc(Oc3ccccc3)cc1)c(=O)n2[C@@H]1CCN(C(=O)/C=C\CF)C1. The third kappa shape index (κ3) is 4.28. The second-order valence-electron chi connectivity index (χ2n) is 8.24.